The highest BCUT2D eigenvalue weighted by Gasteiger charge is 2.14. The maximum absolute atomic E-state index is 13.1. The maximum atomic E-state index is 13.1. The van der Waals surface area contributed by atoms with Crippen LogP contribution in [0.25, 0.3) is 16.7 Å². The Hall–Kier alpha value is -3.74. The van der Waals surface area contributed by atoms with Crippen LogP contribution in [0.5, 0.6) is 5.75 Å². The SMILES string of the molecule is COc1ccccc1C(=O)Nc1cc2nn(-c3ccc(F)cc3)nc2cc1C. The number of fused-ring (bicyclic) bond motifs is 1. The molecule has 28 heavy (non-hydrogen) atoms. The fourth-order valence-corrected chi connectivity index (χ4v) is 2.91. The number of benzene rings is 3. The molecule has 6 nitrogen and oxygen atoms in total. The number of hydrogen-bond acceptors (Lipinski definition) is 4. The topological polar surface area (TPSA) is 69.0 Å². The van der Waals surface area contributed by atoms with E-state index < -0.39 is 0 Å². The smallest absolute Gasteiger partial charge is 0.259 e. The minimum absolute atomic E-state index is 0.272. The third-order valence-electron chi connectivity index (χ3n) is 4.38. The molecule has 0 radical (unpaired) electrons. The van der Waals surface area contributed by atoms with Gasteiger partial charge in [-0.05, 0) is 61.0 Å². The summed E-state index contributed by atoms with van der Waals surface area (Å²) in [7, 11) is 1.52. The van der Waals surface area contributed by atoms with Crippen LogP contribution in [0.4, 0.5) is 10.1 Å². The first-order valence-electron chi connectivity index (χ1n) is 8.63. The summed E-state index contributed by atoms with van der Waals surface area (Å²) < 4.78 is 18.4. The number of methoxy groups -OCH3 is 1. The fourth-order valence-electron chi connectivity index (χ4n) is 2.91. The standard InChI is InChI=1S/C21H17FN4O2/c1-13-11-18-19(25-26(24-18)15-9-7-14(22)8-10-15)12-17(13)23-21(27)16-5-3-4-6-20(16)28-2/h3-12H,1-2H3,(H,23,27). The molecule has 7 heteroatoms. The van der Waals surface area contributed by atoms with E-state index in [0.29, 0.717) is 33.7 Å². The van der Waals surface area contributed by atoms with Crippen LogP contribution in [0.2, 0.25) is 0 Å². The molecule has 4 rings (SSSR count). The van der Waals surface area contributed by atoms with Gasteiger partial charge in [0.1, 0.15) is 22.6 Å². The van der Waals surface area contributed by atoms with E-state index in [1.54, 1.807) is 42.5 Å². The van der Waals surface area contributed by atoms with Gasteiger partial charge in [-0.2, -0.15) is 4.80 Å². The number of carbonyl (C=O) groups is 1. The van der Waals surface area contributed by atoms with E-state index in [-0.39, 0.29) is 11.7 Å². The van der Waals surface area contributed by atoms with Gasteiger partial charge in [-0.1, -0.05) is 12.1 Å². The lowest BCUT2D eigenvalue weighted by Gasteiger charge is -2.10. The number of halogens is 1. The predicted molar refractivity (Wildman–Crippen MR) is 105 cm³/mol. The molecule has 1 aromatic heterocycles. The van der Waals surface area contributed by atoms with E-state index in [0.717, 1.165) is 5.56 Å². The molecule has 3 aromatic carbocycles. The van der Waals surface area contributed by atoms with Crippen LogP contribution in [-0.2, 0) is 0 Å². The summed E-state index contributed by atoms with van der Waals surface area (Å²) in [5, 5.41) is 11.8. The normalized spacial score (nSPS) is 10.8. The first kappa shape index (κ1) is 17.7. The lowest BCUT2D eigenvalue weighted by Crippen LogP contribution is -2.13. The summed E-state index contributed by atoms with van der Waals surface area (Å²) in [6, 6.07) is 16.6. The average Bonchev–Trinajstić information content (AvgIpc) is 3.11. The zero-order valence-electron chi connectivity index (χ0n) is 15.3. The van der Waals surface area contributed by atoms with Crippen LogP contribution in [-0.4, -0.2) is 28.0 Å². The van der Waals surface area contributed by atoms with E-state index >= 15 is 0 Å². The summed E-state index contributed by atoms with van der Waals surface area (Å²) in [6.07, 6.45) is 0. The summed E-state index contributed by atoms with van der Waals surface area (Å²) in [4.78, 5) is 14.1. The minimum Gasteiger partial charge on any atom is -0.496 e. The molecule has 0 atom stereocenters. The highest BCUT2D eigenvalue weighted by molar-refractivity contribution is 6.07. The molecular weight excluding hydrogens is 359 g/mol. The van der Waals surface area contributed by atoms with Crippen LogP contribution in [0.3, 0.4) is 0 Å². The summed E-state index contributed by atoms with van der Waals surface area (Å²) in [5.74, 6) is -0.0931. The number of rotatable bonds is 4. The van der Waals surface area contributed by atoms with Crippen molar-refractivity contribution in [1.82, 2.24) is 15.0 Å². The minimum atomic E-state index is -0.322. The van der Waals surface area contributed by atoms with Crippen molar-refractivity contribution in [2.45, 2.75) is 6.92 Å². The molecule has 140 valence electrons. The van der Waals surface area contributed by atoms with Gasteiger partial charge < -0.3 is 10.1 Å². The fraction of sp³-hybridized carbons (Fsp3) is 0.0952. The Morgan fingerprint density at radius 2 is 1.71 bits per heavy atom. The largest absolute Gasteiger partial charge is 0.496 e. The number of aromatic nitrogens is 3. The van der Waals surface area contributed by atoms with Crippen LogP contribution in [0, 0.1) is 12.7 Å². The quantitative estimate of drug-likeness (QED) is 0.581. The van der Waals surface area contributed by atoms with Crippen molar-refractivity contribution in [2.75, 3.05) is 12.4 Å². The Balaban J connectivity index is 1.67. The van der Waals surface area contributed by atoms with Crippen molar-refractivity contribution in [3.8, 4) is 11.4 Å². The first-order chi connectivity index (χ1) is 13.5. The van der Waals surface area contributed by atoms with Crippen molar-refractivity contribution in [1.29, 1.82) is 0 Å². The number of aryl methyl sites for hydroxylation is 1. The molecule has 0 spiro atoms. The molecule has 0 aliphatic carbocycles. The van der Waals surface area contributed by atoms with Crippen molar-refractivity contribution < 1.29 is 13.9 Å². The Labute approximate surface area is 160 Å². The maximum Gasteiger partial charge on any atom is 0.259 e. The number of para-hydroxylation sites is 1. The molecule has 0 bridgehead atoms. The highest BCUT2D eigenvalue weighted by atomic mass is 19.1. The van der Waals surface area contributed by atoms with Crippen LogP contribution >= 0.6 is 0 Å². The number of nitrogens with zero attached hydrogens (tertiary/aromatic N) is 3. The summed E-state index contributed by atoms with van der Waals surface area (Å²) in [6.45, 7) is 1.88. The van der Waals surface area contributed by atoms with Gasteiger partial charge in [-0.3, -0.25) is 4.79 Å². The Morgan fingerprint density at radius 1 is 1.04 bits per heavy atom. The Bertz CT molecular complexity index is 1170. The Morgan fingerprint density at radius 3 is 2.43 bits per heavy atom. The van der Waals surface area contributed by atoms with E-state index in [2.05, 4.69) is 15.5 Å². The molecule has 0 saturated heterocycles. The van der Waals surface area contributed by atoms with Gasteiger partial charge in [0.15, 0.2) is 0 Å². The molecule has 1 N–H and O–H groups in total. The lowest BCUT2D eigenvalue weighted by molar-refractivity contribution is 0.102. The molecule has 0 unspecified atom stereocenters. The van der Waals surface area contributed by atoms with Gasteiger partial charge in [0.05, 0.1) is 18.4 Å². The average molecular weight is 376 g/mol. The first-order valence-corrected chi connectivity index (χ1v) is 8.63. The van der Waals surface area contributed by atoms with Gasteiger partial charge >= 0.3 is 0 Å². The van der Waals surface area contributed by atoms with E-state index in [4.69, 9.17) is 4.74 Å². The lowest BCUT2D eigenvalue weighted by atomic mass is 10.1. The molecule has 4 aromatic rings. The third-order valence-corrected chi connectivity index (χ3v) is 4.38. The predicted octanol–water partition coefficient (Wildman–Crippen LogP) is 4.13. The Kier molecular flexibility index (Phi) is 4.49. The number of carbonyl (C=O) groups excluding carboxylic acids is 1. The molecule has 1 amide bonds. The number of ether oxygens (including phenoxy) is 1. The zero-order chi connectivity index (χ0) is 19.7. The van der Waals surface area contributed by atoms with Gasteiger partial charge in [0.25, 0.3) is 5.91 Å². The van der Waals surface area contributed by atoms with E-state index in [9.17, 15) is 9.18 Å². The second kappa shape index (κ2) is 7.11. The number of anilines is 1. The second-order valence-corrected chi connectivity index (χ2v) is 6.28. The van der Waals surface area contributed by atoms with Gasteiger partial charge in [0.2, 0.25) is 0 Å². The highest BCUT2D eigenvalue weighted by Crippen LogP contribution is 2.24. The van der Waals surface area contributed by atoms with Crippen molar-refractivity contribution in [3.05, 3.63) is 77.6 Å². The molecule has 0 aliphatic rings. The molecule has 1 heterocycles. The molecule has 0 aliphatic heterocycles. The zero-order valence-corrected chi connectivity index (χ0v) is 15.3. The third kappa shape index (κ3) is 3.29. The number of hydrogen-bond donors (Lipinski definition) is 1. The molecular formula is C21H17FN4O2. The summed E-state index contributed by atoms with van der Waals surface area (Å²) >= 11 is 0. The van der Waals surface area contributed by atoms with Crippen LogP contribution in [0.15, 0.2) is 60.7 Å². The molecule has 0 fully saturated rings. The van der Waals surface area contributed by atoms with Crippen molar-refractivity contribution >= 4 is 22.6 Å². The summed E-state index contributed by atoms with van der Waals surface area (Å²) in [5.41, 5.74) is 3.87. The van der Waals surface area contributed by atoms with Gasteiger partial charge in [-0.15, -0.1) is 10.2 Å². The van der Waals surface area contributed by atoms with E-state index in [1.807, 2.05) is 13.0 Å². The van der Waals surface area contributed by atoms with Gasteiger partial charge in [-0.25, -0.2) is 4.39 Å². The second-order valence-electron chi connectivity index (χ2n) is 6.28. The monoisotopic (exact) mass is 376 g/mol. The molecule has 0 saturated carbocycles. The van der Waals surface area contributed by atoms with E-state index in [1.165, 1.54) is 24.0 Å². The van der Waals surface area contributed by atoms with Crippen LogP contribution in [0.1, 0.15) is 15.9 Å². The van der Waals surface area contributed by atoms with Crippen molar-refractivity contribution in [2.24, 2.45) is 0 Å². The van der Waals surface area contributed by atoms with Crippen LogP contribution < -0.4 is 10.1 Å². The van der Waals surface area contributed by atoms with Crippen molar-refractivity contribution in [3.63, 3.8) is 0 Å². The number of amides is 1. The van der Waals surface area contributed by atoms with Gasteiger partial charge in [0, 0.05) is 5.69 Å². The number of nitrogens with one attached hydrogen (secondary N) is 1.